The largest absolute Gasteiger partial charge is 0.503 e. The first kappa shape index (κ1) is 20.3. The van der Waals surface area contributed by atoms with Crippen molar-refractivity contribution in [3.05, 3.63) is 112 Å². The zero-order chi connectivity index (χ0) is 22.1. The highest BCUT2D eigenvalue weighted by Gasteiger charge is 2.41. The molecule has 0 spiro atoms. The Hall–Kier alpha value is -3.93. The fourth-order valence-electron chi connectivity index (χ4n) is 3.79. The summed E-state index contributed by atoms with van der Waals surface area (Å²) in [5.41, 5.74) is 3.70. The molecule has 0 fully saturated rings. The van der Waals surface area contributed by atoms with Gasteiger partial charge in [-0.2, -0.15) is 0 Å². The van der Waals surface area contributed by atoms with Crippen molar-refractivity contribution >= 4 is 17.4 Å². The van der Waals surface area contributed by atoms with Crippen LogP contribution in [0.5, 0.6) is 0 Å². The van der Waals surface area contributed by atoms with Crippen LogP contribution in [0.4, 0.5) is 4.39 Å². The molecule has 5 nitrogen and oxygen atoms in total. The normalized spacial score (nSPS) is 16.1. The highest BCUT2D eigenvalue weighted by molar-refractivity contribution is 6.05. The summed E-state index contributed by atoms with van der Waals surface area (Å²) in [4.78, 5) is 25.8. The predicted molar refractivity (Wildman–Crippen MR) is 114 cm³/mol. The van der Waals surface area contributed by atoms with Crippen molar-refractivity contribution in [1.29, 1.82) is 0 Å². The Bertz CT molecular complexity index is 1170. The number of aromatic carboxylic acids is 1. The van der Waals surface area contributed by atoms with E-state index in [0.717, 1.165) is 5.56 Å². The summed E-state index contributed by atoms with van der Waals surface area (Å²) < 4.78 is 13.3. The van der Waals surface area contributed by atoms with E-state index < -0.39 is 17.9 Å². The molecule has 0 saturated heterocycles. The maximum absolute atomic E-state index is 13.3. The van der Waals surface area contributed by atoms with E-state index in [9.17, 15) is 24.2 Å². The van der Waals surface area contributed by atoms with E-state index in [0.29, 0.717) is 22.3 Å². The lowest BCUT2D eigenvalue weighted by Crippen LogP contribution is -2.29. The maximum Gasteiger partial charge on any atom is 0.335 e. The average Bonchev–Trinajstić information content (AvgIpc) is 3.01. The zero-order valence-corrected chi connectivity index (χ0v) is 16.7. The first-order valence-electron chi connectivity index (χ1n) is 9.74. The third-order valence-corrected chi connectivity index (χ3v) is 5.41. The molecule has 1 aliphatic rings. The van der Waals surface area contributed by atoms with Gasteiger partial charge in [0.05, 0.1) is 11.6 Å². The van der Waals surface area contributed by atoms with Crippen LogP contribution < -0.4 is 0 Å². The Morgan fingerprint density at radius 2 is 1.58 bits per heavy atom. The lowest BCUT2D eigenvalue weighted by molar-refractivity contribution is -0.130. The van der Waals surface area contributed by atoms with Gasteiger partial charge in [0.15, 0.2) is 5.76 Å². The molecule has 0 bridgehead atoms. The molecular formula is C25H20FNO4. The van der Waals surface area contributed by atoms with Crippen LogP contribution in [0.25, 0.3) is 5.57 Å². The number of benzene rings is 3. The Morgan fingerprint density at radius 1 is 0.968 bits per heavy atom. The number of amides is 1. The molecule has 156 valence electrons. The predicted octanol–water partition coefficient (Wildman–Crippen LogP) is 4.89. The number of carbonyl (C=O) groups excluding carboxylic acids is 1. The number of carbonyl (C=O) groups is 2. The van der Waals surface area contributed by atoms with Crippen LogP contribution in [0.3, 0.4) is 0 Å². The lowest BCUT2D eigenvalue weighted by atomic mass is 9.92. The molecule has 0 radical (unpaired) electrons. The quantitative estimate of drug-likeness (QED) is 0.620. The van der Waals surface area contributed by atoms with Crippen molar-refractivity contribution in [2.24, 2.45) is 0 Å². The molecule has 4 rings (SSSR count). The summed E-state index contributed by atoms with van der Waals surface area (Å²) in [5.74, 6) is -2.31. The minimum Gasteiger partial charge on any atom is -0.503 e. The molecule has 1 atom stereocenters. The molecule has 2 N–H and O–H groups in total. The summed E-state index contributed by atoms with van der Waals surface area (Å²) in [6.07, 6.45) is 0. The number of aliphatic hydroxyl groups is 1. The van der Waals surface area contributed by atoms with Gasteiger partial charge in [-0.15, -0.1) is 0 Å². The highest BCUT2D eigenvalue weighted by atomic mass is 19.1. The molecule has 1 amide bonds. The minimum atomic E-state index is -1.05. The van der Waals surface area contributed by atoms with Crippen molar-refractivity contribution < 1.29 is 24.2 Å². The van der Waals surface area contributed by atoms with Crippen LogP contribution in [-0.2, 0) is 11.3 Å². The van der Waals surface area contributed by atoms with Gasteiger partial charge in [-0.25, -0.2) is 9.18 Å². The second-order valence-electron chi connectivity index (χ2n) is 7.52. The number of halogens is 1. The molecule has 0 saturated carbocycles. The van der Waals surface area contributed by atoms with E-state index >= 15 is 0 Å². The first-order valence-corrected chi connectivity index (χ1v) is 9.74. The Balaban J connectivity index is 1.80. The average molecular weight is 417 g/mol. The molecule has 1 heterocycles. The molecule has 1 unspecified atom stereocenters. The second kappa shape index (κ2) is 8.07. The molecular weight excluding hydrogens is 397 g/mol. The highest BCUT2D eigenvalue weighted by Crippen LogP contribution is 2.43. The van der Waals surface area contributed by atoms with E-state index in [4.69, 9.17) is 0 Å². The molecule has 31 heavy (non-hydrogen) atoms. The number of nitrogens with zero attached hydrogens (tertiary/aromatic N) is 1. The zero-order valence-electron chi connectivity index (χ0n) is 16.7. The van der Waals surface area contributed by atoms with Crippen LogP contribution in [0.15, 0.2) is 78.6 Å². The summed E-state index contributed by atoms with van der Waals surface area (Å²) in [7, 11) is 0. The van der Waals surface area contributed by atoms with E-state index in [1.54, 1.807) is 24.3 Å². The van der Waals surface area contributed by atoms with Gasteiger partial charge < -0.3 is 15.1 Å². The third kappa shape index (κ3) is 3.92. The Kier molecular flexibility index (Phi) is 5.29. The Morgan fingerprint density at radius 3 is 2.16 bits per heavy atom. The van der Waals surface area contributed by atoms with Crippen molar-refractivity contribution in [3.8, 4) is 0 Å². The van der Waals surface area contributed by atoms with Gasteiger partial charge in [0.25, 0.3) is 5.91 Å². The standard InChI is InChI=1S/C25H20FNO4/c1-15-2-6-17(7-3-15)21-22(18-8-10-19(11-9-18)25(30)31)27(24(29)23(21)28)14-16-4-12-20(26)13-5-16/h2-13,22,28H,14H2,1H3,(H,30,31). The maximum atomic E-state index is 13.3. The molecule has 6 heteroatoms. The number of aliphatic hydroxyl groups excluding tert-OH is 1. The number of aryl methyl sites for hydroxylation is 1. The van der Waals surface area contributed by atoms with Gasteiger partial charge >= 0.3 is 5.97 Å². The van der Waals surface area contributed by atoms with Gasteiger partial charge in [0.1, 0.15) is 5.82 Å². The summed E-state index contributed by atoms with van der Waals surface area (Å²) in [6, 6.07) is 18.9. The third-order valence-electron chi connectivity index (χ3n) is 5.41. The van der Waals surface area contributed by atoms with Gasteiger partial charge in [0, 0.05) is 12.1 Å². The van der Waals surface area contributed by atoms with E-state index in [-0.39, 0.29) is 23.7 Å². The topological polar surface area (TPSA) is 77.8 Å². The summed E-state index contributed by atoms with van der Waals surface area (Å²) >= 11 is 0. The van der Waals surface area contributed by atoms with Crippen molar-refractivity contribution in [2.45, 2.75) is 19.5 Å². The summed E-state index contributed by atoms with van der Waals surface area (Å²) in [6.45, 7) is 2.10. The molecule has 3 aromatic carbocycles. The van der Waals surface area contributed by atoms with Crippen molar-refractivity contribution in [1.82, 2.24) is 4.90 Å². The number of rotatable bonds is 5. The second-order valence-corrected chi connectivity index (χ2v) is 7.52. The van der Waals surface area contributed by atoms with Crippen LogP contribution in [0, 0.1) is 12.7 Å². The van der Waals surface area contributed by atoms with E-state index in [1.807, 2.05) is 31.2 Å². The number of carboxylic acid groups (broad SMARTS) is 1. The van der Waals surface area contributed by atoms with Crippen molar-refractivity contribution in [3.63, 3.8) is 0 Å². The smallest absolute Gasteiger partial charge is 0.335 e. The number of hydrogen-bond donors (Lipinski definition) is 2. The molecule has 1 aliphatic heterocycles. The Labute approximate surface area is 178 Å². The number of carboxylic acids is 1. The van der Waals surface area contributed by atoms with E-state index in [1.165, 1.54) is 29.2 Å². The minimum absolute atomic E-state index is 0.128. The van der Waals surface area contributed by atoms with Gasteiger partial charge in [-0.05, 0) is 47.9 Å². The fraction of sp³-hybridized carbons (Fsp3) is 0.120. The van der Waals surface area contributed by atoms with Crippen molar-refractivity contribution in [2.75, 3.05) is 0 Å². The van der Waals surface area contributed by atoms with Crippen LogP contribution in [-0.4, -0.2) is 27.0 Å². The lowest BCUT2D eigenvalue weighted by Gasteiger charge is -2.27. The molecule has 0 aromatic heterocycles. The van der Waals surface area contributed by atoms with Crippen LogP contribution in [0.2, 0.25) is 0 Å². The van der Waals surface area contributed by atoms with Gasteiger partial charge in [-0.3, -0.25) is 4.79 Å². The molecule has 0 aliphatic carbocycles. The monoisotopic (exact) mass is 417 g/mol. The van der Waals surface area contributed by atoms with Crippen LogP contribution >= 0.6 is 0 Å². The van der Waals surface area contributed by atoms with E-state index in [2.05, 4.69) is 0 Å². The summed E-state index contributed by atoms with van der Waals surface area (Å²) in [5, 5.41) is 20.0. The molecule has 3 aromatic rings. The SMILES string of the molecule is Cc1ccc(C2=C(O)C(=O)N(Cc3ccc(F)cc3)C2c2ccc(C(=O)O)cc2)cc1. The first-order chi connectivity index (χ1) is 14.8. The fourth-order valence-corrected chi connectivity index (χ4v) is 3.79. The van der Waals surface area contributed by atoms with Gasteiger partial charge in [-0.1, -0.05) is 54.1 Å². The van der Waals surface area contributed by atoms with Gasteiger partial charge in [0.2, 0.25) is 0 Å². The van der Waals surface area contributed by atoms with Crippen LogP contribution in [0.1, 0.15) is 38.7 Å². The number of hydrogen-bond acceptors (Lipinski definition) is 3.